The second-order valence-corrected chi connectivity index (χ2v) is 4.18. The first-order chi connectivity index (χ1) is 9.69. The summed E-state index contributed by atoms with van der Waals surface area (Å²) in [5, 5.41) is 2.65. The van der Waals surface area contributed by atoms with Crippen molar-refractivity contribution >= 4 is 11.6 Å². The molecule has 0 spiro atoms. The van der Waals surface area contributed by atoms with Crippen molar-refractivity contribution in [2.24, 2.45) is 0 Å². The van der Waals surface area contributed by atoms with E-state index < -0.39 is 11.9 Å². The molecular weight excluding hydrogens is 259 g/mol. The Bertz CT molecular complexity index is 602. The largest absolute Gasteiger partial charge is 0.494 e. The summed E-state index contributed by atoms with van der Waals surface area (Å²) in [5.74, 6) is -0.466. The normalized spacial score (nSPS) is 10.1. The van der Waals surface area contributed by atoms with Crippen molar-refractivity contribution < 1.29 is 13.9 Å². The highest BCUT2D eigenvalue weighted by Gasteiger charge is 2.08. The van der Waals surface area contributed by atoms with E-state index in [0.717, 1.165) is 6.42 Å². The summed E-state index contributed by atoms with van der Waals surface area (Å²) >= 11 is 0. The number of rotatable bonds is 5. The van der Waals surface area contributed by atoms with Crippen molar-refractivity contribution in [3.63, 3.8) is 0 Å². The van der Waals surface area contributed by atoms with Crippen molar-refractivity contribution in [3.05, 3.63) is 54.1 Å². The van der Waals surface area contributed by atoms with Gasteiger partial charge in [-0.3, -0.25) is 4.79 Å². The Kier molecular flexibility index (Phi) is 4.65. The first-order valence-electron chi connectivity index (χ1n) is 6.36. The minimum atomic E-state index is -0.683. The van der Waals surface area contributed by atoms with Crippen molar-refractivity contribution in [2.75, 3.05) is 11.9 Å². The van der Waals surface area contributed by atoms with Gasteiger partial charge in [0.2, 0.25) is 5.95 Å². The summed E-state index contributed by atoms with van der Waals surface area (Å²) in [5.41, 5.74) is 0.611. The molecule has 0 aliphatic rings. The molecule has 4 nitrogen and oxygen atoms in total. The third kappa shape index (κ3) is 3.78. The van der Waals surface area contributed by atoms with Crippen LogP contribution < -0.4 is 10.1 Å². The molecule has 2 rings (SSSR count). The molecule has 0 unspecified atom stereocenters. The lowest BCUT2D eigenvalue weighted by molar-refractivity contribution is 0.102. The monoisotopic (exact) mass is 274 g/mol. The number of aromatic nitrogens is 1. The quantitative estimate of drug-likeness (QED) is 0.851. The number of halogens is 1. The van der Waals surface area contributed by atoms with Crippen LogP contribution in [-0.2, 0) is 0 Å². The molecule has 0 aliphatic carbocycles. The van der Waals surface area contributed by atoms with Crippen molar-refractivity contribution in [3.8, 4) is 5.75 Å². The minimum absolute atomic E-state index is 0.0323. The van der Waals surface area contributed by atoms with Crippen LogP contribution >= 0.6 is 0 Å². The molecule has 5 heteroatoms. The Morgan fingerprint density at radius 2 is 2.10 bits per heavy atom. The van der Waals surface area contributed by atoms with E-state index in [0.29, 0.717) is 18.0 Å². The molecular formula is C15H15FN2O2. The van der Waals surface area contributed by atoms with Crippen LogP contribution in [0.3, 0.4) is 0 Å². The zero-order valence-electron chi connectivity index (χ0n) is 11.1. The molecule has 1 aromatic carbocycles. The second kappa shape index (κ2) is 6.65. The minimum Gasteiger partial charge on any atom is -0.494 e. The molecule has 0 aliphatic heterocycles. The third-order valence-electron chi connectivity index (χ3n) is 2.51. The van der Waals surface area contributed by atoms with E-state index in [1.54, 1.807) is 18.2 Å². The number of pyridine rings is 1. The summed E-state index contributed by atoms with van der Waals surface area (Å²) in [6.45, 7) is 2.63. The molecule has 1 amide bonds. The van der Waals surface area contributed by atoms with Gasteiger partial charge < -0.3 is 10.1 Å². The highest BCUT2D eigenvalue weighted by atomic mass is 19.1. The number of hydrogen-bond acceptors (Lipinski definition) is 3. The van der Waals surface area contributed by atoms with E-state index in [1.165, 1.54) is 18.2 Å². The van der Waals surface area contributed by atoms with Crippen molar-refractivity contribution in [1.29, 1.82) is 0 Å². The van der Waals surface area contributed by atoms with Gasteiger partial charge in [0.05, 0.1) is 6.61 Å². The average Bonchev–Trinajstić information content (AvgIpc) is 2.45. The first kappa shape index (κ1) is 14.0. The van der Waals surface area contributed by atoms with Gasteiger partial charge in [-0.25, -0.2) is 4.98 Å². The van der Waals surface area contributed by atoms with E-state index in [4.69, 9.17) is 4.74 Å². The zero-order valence-corrected chi connectivity index (χ0v) is 11.1. The Morgan fingerprint density at radius 1 is 1.30 bits per heavy atom. The van der Waals surface area contributed by atoms with Crippen LogP contribution in [0.15, 0.2) is 42.5 Å². The Balaban J connectivity index is 2.07. The average molecular weight is 274 g/mol. The van der Waals surface area contributed by atoms with Gasteiger partial charge in [0.1, 0.15) is 11.4 Å². The predicted molar refractivity (Wildman–Crippen MR) is 74.4 cm³/mol. The van der Waals surface area contributed by atoms with Gasteiger partial charge in [0.15, 0.2) is 0 Å². The molecule has 0 atom stereocenters. The number of hydrogen-bond donors (Lipinski definition) is 1. The van der Waals surface area contributed by atoms with Crippen LogP contribution in [0.25, 0.3) is 0 Å². The standard InChI is InChI=1S/C15H15FN2O2/c1-2-9-20-12-6-3-5-11(10-12)17-15(19)13-7-4-8-14(16)18-13/h3-8,10H,2,9H2,1H3,(H,17,19). The SMILES string of the molecule is CCCOc1cccc(NC(=O)c2cccc(F)n2)c1. The van der Waals surface area contributed by atoms with Crippen LogP contribution in [0.5, 0.6) is 5.75 Å². The van der Waals surface area contributed by atoms with Crippen LogP contribution in [0.2, 0.25) is 0 Å². The molecule has 2 aromatic rings. The van der Waals surface area contributed by atoms with Crippen molar-refractivity contribution in [1.82, 2.24) is 4.98 Å². The van der Waals surface area contributed by atoms with Gasteiger partial charge in [-0.1, -0.05) is 19.1 Å². The smallest absolute Gasteiger partial charge is 0.274 e. The number of amides is 1. The van der Waals surface area contributed by atoms with Crippen molar-refractivity contribution in [2.45, 2.75) is 13.3 Å². The van der Waals surface area contributed by atoms with E-state index in [-0.39, 0.29) is 5.69 Å². The number of anilines is 1. The fourth-order valence-corrected chi connectivity index (χ4v) is 1.61. The van der Waals surface area contributed by atoms with E-state index >= 15 is 0 Å². The molecule has 1 heterocycles. The molecule has 0 radical (unpaired) electrons. The van der Waals surface area contributed by atoms with E-state index in [2.05, 4.69) is 10.3 Å². The topological polar surface area (TPSA) is 51.2 Å². The molecule has 0 saturated heterocycles. The van der Waals surface area contributed by atoms with Gasteiger partial charge in [-0.15, -0.1) is 0 Å². The number of nitrogens with one attached hydrogen (secondary N) is 1. The Morgan fingerprint density at radius 3 is 2.85 bits per heavy atom. The van der Waals surface area contributed by atoms with E-state index in [9.17, 15) is 9.18 Å². The lowest BCUT2D eigenvalue weighted by Gasteiger charge is -2.08. The second-order valence-electron chi connectivity index (χ2n) is 4.18. The van der Waals surface area contributed by atoms with Crippen LogP contribution in [-0.4, -0.2) is 17.5 Å². The molecule has 20 heavy (non-hydrogen) atoms. The molecule has 104 valence electrons. The molecule has 0 fully saturated rings. The molecule has 1 aromatic heterocycles. The number of carbonyl (C=O) groups excluding carboxylic acids is 1. The predicted octanol–water partition coefficient (Wildman–Crippen LogP) is 3.26. The summed E-state index contributed by atoms with van der Waals surface area (Å²) in [7, 11) is 0. The maximum absolute atomic E-state index is 13.0. The highest BCUT2D eigenvalue weighted by molar-refractivity contribution is 6.02. The summed E-state index contributed by atoms with van der Waals surface area (Å²) in [6.07, 6.45) is 0.907. The highest BCUT2D eigenvalue weighted by Crippen LogP contribution is 2.18. The lowest BCUT2D eigenvalue weighted by atomic mass is 10.2. The Labute approximate surface area is 116 Å². The summed E-state index contributed by atoms with van der Waals surface area (Å²) in [6, 6.07) is 11.1. The summed E-state index contributed by atoms with van der Waals surface area (Å²) in [4.78, 5) is 15.4. The van der Waals surface area contributed by atoms with E-state index in [1.807, 2.05) is 13.0 Å². The van der Waals surface area contributed by atoms with Gasteiger partial charge in [-0.2, -0.15) is 4.39 Å². The summed E-state index contributed by atoms with van der Waals surface area (Å²) < 4.78 is 18.4. The van der Waals surface area contributed by atoms with Gasteiger partial charge in [0.25, 0.3) is 5.91 Å². The first-order valence-corrected chi connectivity index (χ1v) is 6.36. The van der Waals surface area contributed by atoms with Crippen LogP contribution in [0.4, 0.5) is 10.1 Å². The molecule has 0 bridgehead atoms. The van der Waals surface area contributed by atoms with Gasteiger partial charge in [-0.05, 0) is 30.7 Å². The lowest BCUT2D eigenvalue weighted by Crippen LogP contribution is -2.14. The maximum Gasteiger partial charge on any atom is 0.274 e. The fourth-order valence-electron chi connectivity index (χ4n) is 1.61. The number of carbonyl (C=O) groups is 1. The maximum atomic E-state index is 13.0. The number of nitrogens with zero attached hydrogens (tertiary/aromatic N) is 1. The number of benzene rings is 1. The van der Waals surface area contributed by atoms with Gasteiger partial charge in [0, 0.05) is 11.8 Å². The fraction of sp³-hybridized carbons (Fsp3) is 0.200. The van der Waals surface area contributed by atoms with Gasteiger partial charge >= 0.3 is 0 Å². The molecule has 0 saturated carbocycles. The number of ether oxygens (including phenoxy) is 1. The van der Waals surface area contributed by atoms with Crippen LogP contribution in [0.1, 0.15) is 23.8 Å². The van der Waals surface area contributed by atoms with Crippen LogP contribution in [0, 0.1) is 5.95 Å². The molecule has 1 N–H and O–H groups in total. The zero-order chi connectivity index (χ0) is 14.4. The third-order valence-corrected chi connectivity index (χ3v) is 2.51. The Hall–Kier alpha value is -2.43.